The summed E-state index contributed by atoms with van der Waals surface area (Å²) in [5, 5.41) is 1.52. The van der Waals surface area contributed by atoms with E-state index in [2.05, 4.69) is 54.3 Å². The normalized spacial score (nSPS) is 16.8. The molecule has 7 nitrogen and oxygen atoms in total. The van der Waals surface area contributed by atoms with Gasteiger partial charge in [-0.2, -0.15) is 0 Å². The number of nitrogens with two attached hydrogens (primary N) is 2. The van der Waals surface area contributed by atoms with Gasteiger partial charge in [0.25, 0.3) is 0 Å². The van der Waals surface area contributed by atoms with Crippen LogP contribution < -0.4 is 21.3 Å². The SMILES string of the molecule is CCOC(=O)CC(c1ccc(C)c(CN2Cc3ccccc3OC3(CCC3)C2)c1)c1ccc(N(C)N)c(N)c1C. The highest BCUT2D eigenvalue weighted by atomic mass is 16.5. The first-order chi connectivity index (χ1) is 19.2. The Morgan fingerprint density at radius 1 is 1.15 bits per heavy atom. The second-order valence-electron chi connectivity index (χ2n) is 11.5. The molecule has 7 heteroatoms. The van der Waals surface area contributed by atoms with Crippen molar-refractivity contribution in [3.63, 3.8) is 0 Å². The molecule has 3 aromatic carbocycles. The molecule has 5 rings (SSSR count). The zero-order valence-corrected chi connectivity index (χ0v) is 24.2. The summed E-state index contributed by atoms with van der Waals surface area (Å²) in [6.45, 7) is 8.91. The lowest BCUT2D eigenvalue weighted by Gasteiger charge is -2.43. The topological polar surface area (TPSA) is 94.0 Å². The lowest BCUT2D eigenvalue weighted by Crippen LogP contribution is -2.50. The van der Waals surface area contributed by atoms with Gasteiger partial charge in [0.15, 0.2) is 0 Å². The fraction of sp³-hybridized carbons (Fsp3) is 0.424. The van der Waals surface area contributed by atoms with Crippen molar-refractivity contribution in [3.8, 4) is 5.75 Å². The zero-order chi connectivity index (χ0) is 28.4. The number of benzene rings is 3. The van der Waals surface area contributed by atoms with E-state index in [0.717, 1.165) is 60.6 Å². The maximum absolute atomic E-state index is 12.8. The average molecular weight is 543 g/mol. The predicted molar refractivity (Wildman–Crippen MR) is 160 cm³/mol. The Morgan fingerprint density at radius 2 is 1.93 bits per heavy atom. The Labute approximate surface area is 238 Å². The minimum Gasteiger partial charge on any atom is -0.486 e. The molecule has 212 valence electrons. The number of nitrogens with zero attached hydrogens (tertiary/aromatic N) is 2. The highest BCUT2D eigenvalue weighted by molar-refractivity contribution is 5.75. The molecule has 0 radical (unpaired) electrons. The molecule has 0 bridgehead atoms. The monoisotopic (exact) mass is 542 g/mol. The van der Waals surface area contributed by atoms with Crippen molar-refractivity contribution < 1.29 is 14.3 Å². The number of carbonyl (C=O) groups excluding carboxylic acids is 1. The maximum Gasteiger partial charge on any atom is 0.306 e. The van der Waals surface area contributed by atoms with Crippen molar-refractivity contribution in [1.82, 2.24) is 4.90 Å². The molecule has 40 heavy (non-hydrogen) atoms. The van der Waals surface area contributed by atoms with Gasteiger partial charge in [-0.15, -0.1) is 0 Å². The smallest absolute Gasteiger partial charge is 0.306 e. The van der Waals surface area contributed by atoms with Crippen LogP contribution in [0.4, 0.5) is 11.4 Å². The van der Waals surface area contributed by atoms with Gasteiger partial charge in [-0.1, -0.05) is 42.5 Å². The van der Waals surface area contributed by atoms with Crippen molar-refractivity contribution in [2.45, 2.75) is 71.1 Å². The first kappa shape index (κ1) is 28.0. The van der Waals surface area contributed by atoms with Crippen molar-refractivity contribution in [3.05, 3.63) is 88.0 Å². The van der Waals surface area contributed by atoms with Crippen LogP contribution in [0.25, 0.3) is 0 Å². The number of esters is 1. The Bertz CT molecular complexity index is 1380. The standard InChI is InChI=1S/C33H42N4O3/c1-5-39-31(38)18-28(27-13-14-29(36(4)35)32(34)23(27)3)24-12-11-22(2)26(17-24)20-37-19-25-9-6-7-10-30(25)40-33(21-37)15-8-16-33/h6-7,9-14,17,28H,5,8,15-16,18-21,34-35H2,1-4H3. The zero-order valence-electron chi connectivity index (χ0n) is 24.2. The Kier molecular flexibility index (Phi) is 8.06. The summed E-state index contributed by atoms with van der Waals surface area (Å²) in [5.74, 6) is 6.61. The summed E-state index contributed by atoms with van der Waals surface area (Å²) < 4.78 is 12.0. The maximum atomic E-state index is 12.8. The Morgan fingerprint density at radius 3 is 2.62 bits per heavy atom. The van der Waals surface area contributed by atoms with Crippen molar-refractivity contribution >= 4 is 17.3 Å². The number of aryl methyl sites for hydroxylation is 1. The van der Waals surface area contributed by atoms with Crippen LogP contribution in [0.5, 0.6) is 5.75 Å². The van der Waals surface area contributed by atoms with Crippen LogP contribution in [-0.2, 0) is 22.6 Å². The lowest BCUT2D eigenvalue weighted by atomic mass is 9.79. The van der Waals surface area contributed by atoms with Crippen LogP contribution in [0.3, 0.4) is 0 Å². The minimum absolute atomic E-state index is 0.100. The van der Waals surface area contributed by atoms with Crippen LogP contribution in [-0.4, -0.2) is 36.7 Å². The first-order valence-corrected chi connectivity index (χ1v) is 14.3. The summed E-state index contributed by atoms with van der Waals surface area (Å²) in [4.78, 5) is 15.3. The third-order valence-electron chi connectivity index (χ3n) is 8.60. The molecule has 0 aromatic heterocycles. The fourth-order valence-electron chi connectivity index (χ4n) is 6.18. The van der Waals surface area contributed by atoms with E-state index >= 15 is 0 Å². The number of ether oxygens (including phenoxy) is 2. The fourth-order valence-corrected chi connectivity index (χ4v) is 6.18. The van der Waals surface area contributed by atoms with Gasteiger partial charge in [-0.3, -0.25) is 9.69 Å². The number of fused-ring (bicyclic) bond motifs is 1. The summed E-state index contributed by atoms with van der Waals surface area (Å²) in [6.07, 6.45) is 3.63. The molecule has 1 unspecified atom stereocenters. The number of rotatable bonds is 8. The minimum atomic E-state index is -0.221. The highest BCUT2D eigenvalue weighted by Crippen LogP contribution is 2.42. The summed E-state index contributed by atoms with van der Waals surface area (Å²) in [7, 11) is 1.77. The summed E-state index contributed by atoms with van der Waals surface area (Å²) >= 11 is 0. The molecule has 1 spiro atoms. The van der Waals surface area contributed by atoms with Crippen LogP contribution in [0, 0.1) is 13.8 Å². The van der Waals surface area contributed by atoms with Gasteiger partial charge in [-0.25, -0.2) is 5.84 Å². The van der Waals surface area contributed by atoms with E-state index in [0.29, 0.717) is 12.3 Å². The molecule has 0 saturated heterocycles. The van der Waals surface area contributed by atoms with E-state index in [-0.39, 0.29) is 23.9 Å². The van der Waals surface area contributed by atoms with Gasteiger partial charge in [0, 0.05) is 38.2 Å². The number of para-hydroxylation sites is 1. The molecule has 1 atom stereocenters. The van der Waals surface area contributed by atoms with E-state index in [1.807, 2.05) is 26.0 Å². The molecule has 1 heterocycles. The molecule has 1 aliphatic heterocycles. The van der Waals surface area contributed by atoms with Crippen LogP contribution >= 0.6 is 0 Å². The van der Waals surface area contributed by atoms with E-state index in [9.17, 15) is 4.79 Å². The number of hydrogen-bond acceptors (Lipinski definition) is 7. The Hall–Kier alpha value is -3.55. The molecule has 4 N–H and O–H groups in total. The van der Waals surface area contributed by atoms with Crippen molar-refractivity contribution in [2.24, 2.45) is 5.84 Å². The van der Waals surface area contributed by atoms with E-state index in [1.54, 1.807) is 7.05 Å². The molecule has 0 amide bonds. The quantitative estimate of drug-likeness (QED) is 0.166. The van der Waals surface area contributed by atoms with Gasteiger partial charge in [0.1, 0.15) is 11.4 Å². The van der Waals surface area contributed by atoms with Gasteiger partial charge >= 0.3 is 5.97 Å². The lowest BCUT2D eigenvalue weighted by molar-refractivity contribution is -0.143. The highest BCUT2D eigenvalue weighted by Gasteiger charge is 2.43. The van der Waals surface area contributed by atoms with Gasteiger partial charge in [0.2, 0.25) is 0 Å². The third-order valence-corrected chi connectivity index (χ3v) is 8.60. The van der Waals surface area contributed by atoms with Gasteiger partial charge < -0.3 is 20.2 Å². The number of hydrazine groups is 1. The first-order valence-electron chi connectivity index (χ1n) is 14.3. The largest absolute Gasteiger partial charge is 0.486 e. The molecular weight excluding hydrogens is 500 g/mol. The number of anilines is 2. The third kappa shape index (κ3) is 5.67. The second-order valence-corrected chi connectivity index (χ2v) is 11.5. The van der Waals surface area contributed by atoms with E-state index in [4.69, 9.17) is 21.1 Å². The molecule has 1 fully saturated rings. The molecule has 1 aliphatic carbocycles. The van der Waals surface area contributed by atoms with Gasteiger partial charge in [-0.05, 0) is 80.0 Å². The van der Waals surface area contributed by atoms with Gasteiger partial charge in [0.05, 0.1) is 24.4 Å². The van der Waals surface area contributed by atoms with E-state index in [1.165, 1.54) is 28.1 Å². The predicted octanol–water partition coefficient (Wildman–Crippen LogP) is 5.60. The van der Waals surface area contributed by atoms with Crippen LogP contribution in [0.15, 0.2) is 54.6 Å². The molecule has 1 saturated carbocycles. The van der Waals surface area contributed by atoms with E-state index < -0.39 is 0 Å². The van der Waals surface area contributed by atoms with Crippen molar-refractivity contribution in [1.29, 1.82) is 0 Å². The summed E-state index contributed by atoms with van der Waals surface area (Å²) in [6, 6.07) is 19.0. The number of carbonyl (C=O) groups is 1. The second kappa shape index (κ2) is 11.5. The Balaban J connectivity index is 1.49. The number of nitrogen functional groups attached to an aromatic ring is 1. The summed E-state index contributed by atoms with van der Waals surface area (Å²) in [5.41, 5.74) is 14.5. The van der Waals surface area contributed by atoms with Crippen LogP contribution in [0.1, 0.15) is 71.9 Å². The van der Waals surface area contributed by atoms with Crippen LogP contribution in [0.2, 0.25) is 0 Å². The molecule has 2 aliphatic rings. The number of hydrogen-bond donors (Lipinski definition) is 2. The van der Waals surface area contributed by atoms with Crippen molar-refractivity contribution in [2.75, 3.05) is 30.9 Å². The molecule has 3 aromatic rings. The average Bonchev–Trinajstić information content (AvgIpc) is 3.07. The molecular formula is C33H42N4O3.